The zero-order valence-corrected chi connectivity index (χ0v) is 14.8. The van der Waals surface area contributed by atoms with Gasteiger partial charge in [0.2, 0.25) is 0 Å². The van der Waals surface area contributed by atoms with Gasteiger partial charge in [0, 0.05) is 27.7 Å². The number of hydrogen-bond donors (Lipinski definition) is 2. The minimum absolute atomic E-state index is 0.157. The third-order valence-electron chi connectivity index (χ3n) is 3.93. The molecule has 0 fully saturated rings. The van der Waals surface area contributed by atoms with E-state index in [-0.39, 0.29) is 6.54 Å². The lowest BCUT2D eigenvalue weighted by Gasteiger charge is -2.00. The highest BCUT2D eigenvalue weighted by Crippen LogP contribution is 2.34. The van der Waals surface area contributed by atoms with E-state index in [4.69, 9.17) is 39.9 Å². The molecule has 0 aliphatic rings. The number of H-pyrrole nitrogens is 1. The number of carbonyl (C=O) groups is 1. The normalized spacial score (nSPS) is 11.5. The van der Waals surface area contributed by atoms with Crippen LogP contribution in [0.25, 0.3) is 33.3 Å². The molecule has 0 saturated carbocycles. The molecule has 2 aromatic heterocycles. The Morgan fingerprint density at radius 3 is 2.68 bits per heavy atom. The Bertz CT molecular complexity index is 1110. The molecule has 0 atom stereocenters. The van der Waals surface area contributed by atoms with Crippen LogP contribution in [0.3, 0.4) is 0 Å². The Morgan fingerprint density at radius 2 is 1.92 bits per heavy atom. The molecule has 4 rings (SSSR count). The van der Waals surface area contributed by atoms with Gasteiger partial charge in [0.05, 0.1) is 21.1 Å². The lowest BCUT2D eigenvalue weighted by molar-refractivity contribution is -0.137. The lowest BCUT2D eigenvalue weighted by atomic mass is 10.1. The number of aromatic amines is 1. The monoisotopic (exact) mass is 393 g/mol. The molecule has 4 aromatic rings. The number of nitrogens with zero attached hydrogens (tertiary/aromatic N) is 2. The number of benzene rings is 2. The molecule has 0 amide bonds. The van der Waals surface area contributed by atoms with E-state index in [0.29, 0.717) is 26.4 Å². The smallest absolute Gasteiger partial charge is 0.323 e. The standard InChI is InChI=1S/C17H10Cl3N3O2/c18-8-1-2-15-9(3-8)10(6-23(15)7-16(24)25)17-21-13-4-11(19)12(20)5-14(13)22-17/h1-6H,7H2,(H,21,22)(H,24,25). The first kappa shape index (κ1) is 16.3. The summed E-state index contributed by atoms with van der Waals surface area (Å²) in [5.41, 5.74) is 2.93. The topological polar surface area (TPSA) is 70.9 Å². The predicted octanol–water partition coefficient (Wildman–Crippen LogP) is 5.23. The highest BCUT2D eigenvalue weighted by Gasteiger charge is 2.16. The zero-order valence-electron chi connectivity index (χ0n) is 12.6. The molecular weight excluding hydrogens is 385 g/mol. The maximum Gasteiger partial charge on any atom is 0.323 e. The molecule has 2 heterocycles. The highest BCUT2D eigenvalue weighted by molar-refractivity contribution is 6.42. The summed E-state index contributed by atoms with van der Waals surface area (Å²) in [4.78, 5) is 18.9. The van der Waals surface area contributed by atoms with Gasteiger partial charge in [0.25, 0.3) is 0 Å². The third kappa shape index (κ3) is 2.84. The second kappa shape index (κ2) is 5.95. The number of carboxylic acid groups (broad SMARTS) is 1. The summed E-state index contributed by atoms with van der Waals surface area (Å²) in [7, 11) is 0. The molecule has 0 aliphatic carbocycles. The largest absolute Gasteiger partial charge is 0.480 e. The zero-order chi connectivity index (χ0) is 17.7. The van der Waals surface area contributed by atoms with E-state index in [0.717, 1.165) is 22.0 Å². The lowest BCUT2D eigenvalue weighted by Crippen LogP contribution is -2.07. The Kier molecular flexibility index (Phi) is 3.87. The minimum atomic E-state index is -0.929. The van der Waals surface area contributed by atoms with Crippen molar-refractivity contribution >= 4 is 62.7 Å². The van der Waals surface area contributed by atoms with Gasteiger partial charge in [-0.25, -0.2) is 4.98 Å². The maximum absolute atomic E-state index is 11.1. The van der Waals surface area contributed by atoms with E-state index >= 15 is 0 Å². The summed E-state index contributed by atoms with van der Waals surface area (Å²) in [5.74, 6) is -0.341. The van der Waals surface area contributed by atoms with Gasteiger partial charge < -0.3 is 14.7 Å². The van der Waals surface area contributed by atoms with Crippen LogP contribution >= 0.6 is 34.8 Å². The molecule has 0 spiro atoms. The molecule has 126 valence electrons. The third-order valence-corrected chi connectivity index (χ3v) is 4.89. The van der Waals surface area contributed by atoms with Gasteiger partial charge in [-0.1, -0.05) is 34.8 Å². The molecular formula is C17H10Cl3N3O2. The van der Waals surface area contributed by atoms with Crippen molar-refractivity contribution in [3.05, 3.63) is 51.6 Å². The first-order valence-electron chi connectivity index (χ1n) is 7.27. The van der Waals surface area contributed by atoms with Crippen molar-refractivity contribution in [3.63, 3.8) is 0 Å². The highest BCUT2D eigenvalue weighted by atomic mass is 35.5. The Morgan fingerprint density at radius 1 is 1.16 bits per heavy atom. The quantitative estimate of drug-likeness (QED) is 0.500. The van der Waals surface area contributed by atoms with E-state index in [9.17, 15) is 4.79 Å². The second-order valence-corrected chi connectivity index (χ2v) is 6.85. The predicted molar refractivity (Wildman–Crippen MR) is 99.7 cm³/mol. The van der Waals surface area contributed by atoms with Gasteiger partial charge in [-0.15, -0.1) is 0 Å². The number of aromatic nitrogens is 3. The summed E-state index contributed by atoms with van der Waals surface area (Å²) in [5, 5.41) is 11.4. The Balaban J connectivity index is 1.96. The van der Waals surface area contributed by atoms with Crippen LogP contribution < -0.4 is 0 Å². The van der Waals surface area contributed by atoms with Crippen molar-refractivity contribution in [2.75, 3.05) is 0 Å². The van der Waals surface area contributed by atoms with Crippen molar-refractivity contribution in [1.82, 2.24) is 14.5 Å². The number of hydrogen-bond acceptors (Lipinski definition) is 2. The van der Waals surface area contributed by atoms with Crippen LogP contribution in [-0.4, -0.2) is 25.6 Å². The van der Waals surface area contributed by atoms with Crippen LogP contribution in [-0.2, 0) is 11.3 Å². The van der Waals surface area contributed by atoms with E-state index in [2.05, 4.69) is 9.97 Å². The fourth-order valence-corrected chi connectivity index (χ4v) is 3.36. The fourth-order valence-electron chi connectivity index (χ4n) is 2.87. The van der Waals surface area contributed by atoms with E-state index in [1.54, 1.807) is 41.1 Å². The van der Waals surface area contributed by atoms with Crippen LogP contribution in [0.5, 0.6) is 0 Å². The second-order valence-electron chi connectivity index (χ2n) is 5.59. The molecule has 0 aliphatic heterocycles. The molecule has 0 bridgehead atoms. The fraction of sp³-hybridized carbons (Fsp3) is 0.0588. The number of imidazole rings is 1. The molecule has 2 N–H and O–H groups in total. The Labute approximate surface area is 156 Å². The average molecular weight is 395 g/mol. The SMILES string of the molecule is O=C(O)Cn1cc(-c2nc3cc(Cl)c(Cl)cc3[nH]2)c2cc(Cl)ccc21. The maximum atomic E-state index is 11.1. The minimum Gasteiger partial charge on any atom is -0.480 e. The molecule has 8 heteroatoms. The van der Waals surface area contributed by atoms with E-state index in [1.165, 1.54) is 0 Å². The van der Waals surface area contributed by atoms with Crippen LogP contribution in [0, 0.1) is 0 Å². The van der Waals surface area contributed by atoms with Gasteiger partial charge in [-0.3, -0.25) is 4.79 Å². The van der Waals surface area contributed by atoms with Gasteiger partial charge in [-0.05, 0) is 30.3 Å². The molecule has 0 unspecified atom stereocenters. The summed E-state index contributed by atoms with van der Waals surface area (Å²) in [6.45, 7) is -0.157. The van der Waals surface area contributed by atoms with Gasteiger partial charge >= 0.3 is 5.97 Å². The number of nitrogens with one attached hydrogen (secondary N) is 1. The number of carboxylic acids is 1. The first-order valence-corrected chi connectivity index (χ1v) is 8.41. The van der Waals surface area contributed by atoms with Crippen LogP contribution in [0.4, 0.5) is 0 Å². The van der Waals surface area contributed by atoms with E-state index in [1.807, 2.05) is 0 Å². The van der Waals surface area contributed by atoms with Crippen LogP contribution in [0.2, 0.25) is 15.1 Å². The summed E-state index contributed by atoms with van der Waals surface area (Å²) in [6, 6.07) is 8.70. The Hall–Kier alpha value is -2.21. The van der Waals surface area contributed by atoms with Gasteiger partial charge in [-0.2, -0.15) is 0 Å². The molecule has 25 heavy (non-hydrogen) atoms. The van der Waals surface area contributed by atoms with Crippen molar-refractivity contribution in [2.45, 2.75) is 6.54 Å². The molecule has 2 aromatic carbocycles. The number of halogens is 3. The van der Waals surface area contributed by atoms with Crippen molar-refractivity contribution in [1.29, 1.82) is 0 Å². The van der Waals surface area contributed by atoms with Gasteiger partial charge in [0.1, 0.15) is 12.4 Å². The summed E-state index contributed by atoms with van der Waals surface area (Å²) >= 11 is 18.2. The molecule has 0 radical (unpaired) electrons. The van der Waals surface area contributed by atoms with Crippen molar-refractivity contribution in [3.8, 4) is 11.4 Å². The number of fused-ring (bicyclic) bond motifs is 2. The number of aliphatic carboxylic acids is 1. The first-order chi connectivity index (χ1) is 11.9. The number of rotatable bonds is 3. The van der Waals surface area contributed by atoms with E-state index < -0.39 is 5.97 Å². The van der Waals surface area contributed by atoms with Crippen molar-refractivity contribution < 1.29 is 9.90 Å². The summed E-state index contributed by atoms with van der Waals surface area (Å²) < 4.78 is 1.65. The van der Waals surface area contributed by atoms with Crippen molar-refractivity contribution in [2.24, 2.45) is 0 Å². The van der Waals surface area contributed by atoms with Gasteiger partial charge in [0.15, 0.2) is 0 Å². The average Bonchev–Trinajstić information content (AvgIpc) is 3.08. The summed E-state index contributed by atoms with van der Waals surface area (Å²) in [6.07, 6.45) is 1.75. The molecule has 0 saturated heterocycles. The molecule has 5 nitrogen and oxygen atoms in total. The van der Waals surface area contributed by atoms with Crippen LogP contribution in [0.1, 0.15) is 0 Å². The van der Waals surface area contributed by atoms with Crippen LogP contribution in [0.15, 0.2) is 36.5 Å².